The van der Waals surface area contributed by atoms with Gasteiger partial charge < -0.3 is 11.2 Å². The van der Waals surface area contributed by atoms with Gasteiger partial charge >= 0.3 is 0 Å². The molecular formula is C19H23N5OS. The topological polar surface area (TPSA) is 96.7 Å². The van der Waals surface area contributed by atoms with E-state index in [2.05, 4.69) is 16.4 Å². The van der Waals surface area contributed by atoms with Crippen molar-refractivity contribution in [3.05, 3.63) is 36.5 Å². The normalized spacial score (nSPS) is 17.2. The second-order valence-corrected chi connectivity index (χ2v) is 7.99. The van der Waals surface area contributed by atoms with E-state index < -0.39 is 10.8 Å². The minimum Gasteiger partial charge on any atom is -0.337 e. The van der Waals surface area contributed by atoms with E-state index >= 15 is 0 Å². The number of nitrogens with one attached hydrogen (secondary N) is 1. The van der Waals surface area contributed by atoms with Crippen LogP contribution in [0.2, 0.25) is 0 Å². The van der Waals surface area contributed by atoms with Crippen LogP contribution in [0.5, 0.6) is 0 Å². The molecule has 2 aromatic rings. The number of amides is 1. The van der Waals surface area contributed by atoms with E-state index in [4.69, 9.17) is 5.84 Å². The predicted molar refractivity (Wildman–Crippen MR) is 103 cm³/mol. The fourth-order valence-corrected chi connectivity index (χ4v) is 3.99. The average Bonchev–Trinajstić information content (AvgIpc) is 3.03. The zero-order chi connectivity index (χ0) is 18.6. The summed E-state index contributed by atoms with van der Waals surface area (Å²) in [6, 6.07) is 12.1. The lowest BCUT2D eigenvalue weighted by Crippen LogP contribution is -2.51. The number of imidazole rings is 1. The lowest BCUT2D eigenvalue weighted by atomic mass is 9.83. The number of rotatable bonds is 5. The molecule has 0 unspecified atom stereocenters. The summed E-state index contributed by atoms with van der Waals surface area (Å²) in [5.74, 6) is 5.86. The second kappa shape index (κ2) is 7.83. The molecule has 0 aliphatic heterocycles. The average molecular weight is 369 g/mol. The van der Waals surface area contributed by atoms with Crippen molar-refractivity contribution in [2.75, 3.05) is 5.84 Å². The van der Waals surface area contributed by atoms with Crippen LogP contribution in [-0.4, -0.2) is 26.4 Å². The number of carbonyl (C=O) groups is 1. The molecule has 1 aliphatic rings. The highest BCUT2D eigenvalue weighted by molar-refractivity contribution is 8.00. The maximum Gasteiger partial charge on any atom is 0.234 e. The van der Waals surface area contributed by atoms with E-state index in [0.717, 1.165) is 43.4 Å². The molecule has 1 heterocycles. The summed E-state index contributed by atoms with van der Waals surface area (Å²) in [7, 11) is 0. The number of benzene rings is 1. The van der Waals surface area contributed by atoms with Crippen molar-refractivity contribution in [1.29, 1.82) is 5.26 Å². The van der Waals surface area contributed by atoms with Gasteiger partial charge in [0.1, 0.15) is 5.54 Å². The van der Waals surface area contributed by atoms with Crippen LogP contribution in [0.1, 0.15) is 39.0 Å². The highest BCUT2D eigenvalue weighted by Crippen LogP contribution is 2.30. The van der Waals surface area contributed by atoms with E-state index in [-0.39, 0.29) is 5.91 Å². The first-order valence-corrected chi connectivity index (χ1v) is 9.71. The number of nitrogen functional groups attached to an aromatic ring is 1. The Morgan fingerprint density at radius 3 is 2.69 bits per heavy atom. The maximum atomic E-state index is 12.6. The summed E-state index contributed by atoms with van der Waals surface area (Å²) >= 11 is 1.30. The van der Waals surface area contributed by atoms with Crippen molar-refractivity contribution in [3.8, 4) is 17.3 Å². The molecule has 6 nitrogen and oxygen atoms in total. The van der Waals surface area contributed by atoms with Crippen LogP contribution in [-0.2, 0) is 4.79 Å². The predicted octanol–water partition coefficient (Wildman–Crippen LogP) is 3.09. The summed E-state index contributed by atoms with van der Waals surface area (Å²) in [5.41, 5.74) is 1.02. The van der Waals surface area contributed by atoms with Gasteiger partial charge in [0.2, 0.25) is 5.91 Å². The Hall–Kier alpha value is -2.46. The van der Waals surface area contributed by atoms with Gasteiger partial charge in [-0.1, -0.05) is 61.4 Å². The number of nitriles is 1. The highest BCUT2D eigenvalue weighted by Gasteiger charge is 2.35. The molecule has 0 spiro atoms. The number of nitrogens with two attached hydrogens (primary N) is 1. The second-order valence-electron chi connectivity index (χ2n) is 6.69. The Bertz CT molecular complexity index is 805. The number of aromatic nitrogens is 2. The Balaban J connectivity index is 1.68. The van der Waals surface area contributed by atoms with Gasteiger partial charge in [0.15, 0.2) is 5.16 Å². The van der Waals surface area contributed by atoms with Crippen LogP contribution in [0.4, 0.5) is 0 Å². The third-order valence-corrected chi connectivity index (χ3v) is 5.78. The van der Waals surface area contributed by atoms with E-state index in [1.54, 1.807) is 6.20 Å². The van der Waals surface area contributed by atoms with Crippen molar-refractivity contribution < 1.29 is 4.79 Å². The van der Waals surface area contributed by atoms with Crippen LogP contribution in [0.15, 0.2) is 41.7 Å². The van der Waals surface area contributed by atoms with Gasteiger partial charge in [-0.3, -0.25) is 4.79 Å². The number of hydrogen-bond acceptors (Lipinski definition) is 5. The van der Waals surface area contributed by atoms with Gasteiger partial charge in [-0.15, -0.1) is 0 Å². The summed E-state index contributed by atoms with van der Waals surface area (Å²) in [6.07, 6.45) is 6.26. The molecule has 1 saturated carbocycles. The third-order valence-electron chi connectivity index (χ3n) is 4.70. The smallest absolute Gasteiger partial charge is 0.234 e. The molecule has 1 amide bonds. The molecule has 0 bridgehead atoms. The lowest BCUT2D eigenvalue weighted by Gasteiger charge is -2.32. The first kappa shape index (κ1) is 18.3. The lowest BCUT2D eigenvalue weighted by molar-refractivity contribution is -0.121. The Kier molecular flexibility index (Phi) is 5.52. The first-order valence-electron chi connectivity index (χ1n) is 8.83. The molecule has 1 atom stereocenters. The number of thioether (sulfide) groups is 1. The quantitative estimate of drug-likeness (QED) is 0.623. The molecule has 1 aliphatic carbocycles. The van der Waals surface area contributed by atoms with Gasteiger partial charge in [0.05, 0.1) is 23.2 Å². The van der Waals surface area contributed by atoms with Crippen molar-refractivity contribution in [3.63, 3.8) is 0 Å². The molecule has 3 N–H and O–H groups in total. The van der Waals surface area contributed by atoms with E-state index in [9.17, 15) is 10.1 Å². The Morgan fingerprint density at radius 1 is 1.35 bits per heavy atom. The fraction of sp³-hybridized carbons (Fsp3) is 0.421. The molecule has 0 radical (unpaired) electrons. The van der Waals surface area contributed by atoms with Gasteiger partial charge in [-0.25, -0.2) is 9.66 Å². The number of nitrogens with zero attached hydrogens (tertiary/aromatic N) is 3. The van der Waals surface area contributed by atoms with Crippen molar-refractivity contribution in [2.24, 2.45) is 0 Å². The van der Waals surface area contributed by atoms with Gasteiger partial charge in [0.25, 0.3) is 0 Å². The summed E-state index contributed by atoms with van der Waals surface area (Å²) in [4.78, 5) is 17.1. The summed E-state index contributed by atoms with van der Waals surface area (Å²) < 4.78 is 1.44. The molecule has 1 aromatic carbocycles. The zero-order valence-corrected chi connectivity index (χ0v) is 15.6. The molecule has 7 heteroatoms. The monoisotopic (exact) mass is 369 g/mol. The SMILES string of the molecule is C[C@@H](Sc1nc(-c2ccccc2)cn1N)C(=O)NC1(C#N)CCCCC1. The van der Waals surface area contributed by atoms with E-state index in [1.807, 2.05) is 37.3 Å². The number of hydrogen-bond donors (Lipinski definition) is 2. The Morgan fingerprint density at radius 2 is 2.04 bits per heavy atom. The molecule has 1 fully saturated rings. The summed E-state index contributed by atoms with van der Waals surface area (Å²) in [6.45, 7) is 1.81. The highest BCUT2D eigenvalue weighted by atomic mass is 32.2. The first-order chi connectivity index (χ1) is 12.5. The van der Waals surface area contributed by atoms with Crippen molar-refractivity contribution in [1.82, 2.24) is 15.0 Å². The molecule has 3 rings (SSSR count). The molecule has 26 heavy (non-hydrogen) atoms. The zero-order valence-electron chi connectivity index (χ0n) is 14.8. The molecule has 1 aromatic heterocycles. The van der Waals surface area contributed by atoms with E-state index in [0.29, 0.717) is 5.16 Å². The number of carbonyl (C=O) groups excluding carboxylic acids is 1. The van der Waals surface area contributed by atoms with Crippen LogP contribution in [0.25, 0.3) is 11.3 Å². The van der Waals surface area contributed by atoms with Crippen molar-refractivity contribution in [2.45, 2.75) is 55.0 Å². The standard InChI is InChI=1S/C19H23N5OS/c1-14(17(25)23-19(13-20)10-6-3-7-11-19)26-18-22-16(12-24(18)21)15-8-4-2-5-9-15/h2,4-5,8-9,12,14H,3,6-7,10-11,21H2,1H3,(H,23,25)/t14-/m1/s1. The van der Waals surface area contributed by atoms with Crippen LogP contribution in [0, 0.1) is 11.3 Å². The molecular weight excluding hydrogens is 346 g/mol. The largest absolute Gasteiger partial charge is 0.337 e. The molecule has 0 saturated heterocycles. The maximum absolute atomic E-state index is 12.6. The fourth-order valence-electron chi connectivity index (χ4n) is 3.18. The third kappa shape index (κ3) is 4.02. The minimum atomic E-state index is -0.725. The van der Waals surface area contributed by atoms with Gasteiger partial charge in [0, 0.05) is 5.56 Å². The van der Waals surface area contributed by atoms with Crippen molar-refractivity contribution >= 4 is 17.7 Å². The minimum absolute atomic E-state index is 0.150. The van der Waals surface area contributed by atoms with E-state index in [1.165, 1.54) is 16.4 Å². The van der Waals surface area contributed by atoms with Gasteiger partial charge in [-0.05, 0) is 19.8 Å². The van der Waals surface area contributed by atoms with Crippen LogP contribution < -0.4 is 11.2 Å². The summed E-state index contributed by atoms with van der Waals surface area (Å²) in [5, 5.41) is 12.7. The van der Waals surface area contributed by atoms with Gasteiger partial charge in [-0.2, -0.15) is 5.26 Å². The van der Waals surface area contributed by atoms with Crippen LogP contribution in [0.3, 0.4) is 0 Å². The Labute approximate surface area is 157 Å². The molecule has 136 valence electrons. The van der Waals surface area contributed by atoms with Crippen LogP contribution >= 0.6 is 11.8 Å².